The van der Waals surface area contributed by atoms with Crippen molar-refractivity contribution in [1.29, 1.82) is 0 Å². The number of carbonyl (C=O) groups excluding carboxylic acids is 2. The van der Waals surface area contributed by atoms with Gasteiger partial charge in [-0.3, -0.25) is 0 Å². The highest BCUT2D eigenvalue weighted by Gasteiger charge is 2.69. The number of fused-ring (bicyclic) bond motifs is 9. The van der Waals surface area contributed by atoms with Crippen molar-refractivity contribution in [1.82, 2.24) is 21.3 Å². The number of hydrogen-bond donors (Lipinski definition) is 7. The molecule has 1 spiro atoms. The van der Waals surface area contributed by atoms with Crippen molar-refractivity contribution < 1.29 is 34.4 Å². The number of aliphatic hydroxyl groups is 2. The van der Waals surface area contributed by atoms with E-state index in [1.165, 1.54) is 16.7 Å². The zero-order valence-corrected chi connectivity index (χ0v) is 52.6. The van der Waals surface area contributed by atoms with Crippen LogP contribution in [0.15, 0.2) is 137 Å². The molecule has 0 aromatic heterocycles. The number of rotatable bonds is 6. The Morgan fingerprint density at radius 1 is 0.775 bits per heavy atom. The number of allylic oxidation sites excluding steroid dienone is 5. The minimum absolute atomic E-state index is 0.0106. The molecular formula is C78H92N4O7. The van der Waals surface area contributed by atoms with Gasteiger partial charge in [0.15, 0.2) is 0 Å². The van der Waals surface area contributed by atoms with E-state index in [4.69, 9.17) is 9.47 Å². The fourth-order valence-electron chi connectivity index (χ4n) is 20.7. The molecule has 0 amide bonds. The van der Waals surface area contributed by atoms with Gasteiger partial charge in [0.25, 0.3) is 0 Å². The van der Waals surface area contributed by atoms with E-state index in [-0.39, 0.29) is 88.6 Å². The summed E-state index contributed by atoms with van der Waals surface area (Å²) < 4.78 is 13.7. The lowest BCUT2D eigenvalue weighted by molar-refractivity contribution is -0.135. The van der Waals surface area contributed by atoms with E-state index in [1.807, 2.05) is 19.1 Å². The number of cyclic esters (lactones) is 1. The van der Waals surface area contributed by atoms with E-state index < -0.39 is 16.6 Å². The summed E-state index contributed by atoms with van der Waals surface area (Å²) in [7, 11) is 2.07. The summed E-state index contributed by atoms with van der Waals surface area (Å²) in [5.41, 5.74) is 7.92. The van der Waals surface area contributed by atoms with Gasteiger partial charge in [-0.2, -0.15) is 0 Å². The van der Waals surface area contributed by atoms with Crippen LogP contribution in [0.4, 0.5) is 0 Å². The normalized spacial score (nSPS) is 37.3. The van der Waals surface area contributed by atoms with Gasteiger partial charge in [-0.25, -0.2) is 9.59 Å². The molecule has 7 N–H and O–H groups in total. The molecular weight excluding hydrogens is 1100 g/mol. The number of piperidine rings is 1. The fraction of sp³-hybridized carbons (Fsp3) is 0.538. The molecule has 4 aromatic rings. The van der Waals surface area contributed by atoms with Crippen LogP contribution in [0, 0.1) is 81.8 Å². The number of ether oxygens (including phenoxy) is 2. The first-order chi connectivity index (χ1) is 43.3. The Hall–Kier alpha value is -6.10. The summed E-state index contributed by atoms with van der Waals surface area (Å²) in [5, 5.41) is 52.6. The third-order valence-electron chi connectivity index (χ3n) is 24.8. The van der Waals surface area contributed by atoms with Gasteiger partial charge in [-0.1, -0.05) is 110 Å². The second kappa shape index (κ2) is 23.5. The molecule has 14 bridgehead atoms. The van der Waals surface area contributed by atoms with Crippen LogP contribution in [0.1, 0.15) is 157 Å². The minimum atomic E-state index is -1.10. The second-order valence-corrected chi connectivity index (χ2v) is 29.6. The zero-order chi connectivity index (χ0) is 60.8. The summed E-state index contributed by atoms with van der Waals surface area (Å²) >= 11 is 0. The minimum Gasteiger partial charge on any atom is -0.508 e. The van der Waals surface area contributed by atoms with E-state index in [1.54, 1.807) is 6.07 Å². The average Bonchev–Trinajstić information content (AvgIpc) is 1.61. The van der Waals surface area contributed by atoms with Gasteiger partial charge < -0.3 is 46.1 Å². The molecule has 16 unspecified atom stereocenters. The Bertz CT molecular complexity index is 3630. The highest BCUT2D eigenvalue weighted by Crippen LogP contribution is 2.73. The van der Waals surface area contributed by atoms with Crippen molar-refractivity contribution in [2.45, 2.75) is 166 Å². The first kappa shape index (κ1) is 59.2. The SMILES string of the molecule is CCC(C=C1OC(=O)C2=C3c4cc(O)ccc4-c4cccc(c4)CNCCc4cccc(c4)C4NCC(C)(O)CC#CC5C(CCC6CCCCC65O)C5CC(C6CCNC(NC)C6)(CC=C6OC(=O)C7=C6CCC6C3CCC12C76)CC45)Cc1ccccc1. The zero-order valence-electron chi connectivity index (χ0n) is 52.6. The summed E-state index contributed by atoms with van der Waals surface area (Å²) in [5.74, 6) is 8.80. The van der Waals surface area contributed by atoms with Crippen LogP contribution < -0.4 is 21.3 Å². The molecule has 89 heavy (non-hydrogen) atoms. The lowest BCUT2D eigenvalue weighted by atomic mass is 9.44. The number of phenolic OH excluding ortho intramolecular Hbond substituents is 1. The van der Waals surface area contributed by atoms with Crippen molar-refractivity contribution in [3.63, 3.8) is 0 Å². The maximum Gasteiger partial charge on any atom is 0.340 e. The monoisotopic (exact) mass is 1200 g/mol. The van der Waals surface area contributed by atoms with E-state index >= 15 is 9.59 Å². The molecule has 0 radical (unpaired) electrons. The molecule has 13 aliphatic rings. The predicted octanol–water partition coefficient (Wildman–Crippen LogP) is 12.7. The van der Waals surface area contributed by atoms with Gasteiger partial charge in [-0.15, -0.1) is 0 Å². The van der Waals surface area contributed by atoms with Crippen molar-refractivity contribution >= 4 is 17.5 Å². The average molecular weight is 1200 g/mol. The molecule has 6 fully saturated rings. The van der Waals surface area contributed by atoms with Gasteiger partial charge in [0.2, 0.25) is 0 Å². The lowest BCUT2D eigenvalue weighted by Gasteiger charge is -2.56. The van der Waals surface area contributed by atoms with Crippen molar-refractivity contribution in [3.05, 3.63) is 165 Å². The molecule has 6 aliphatic heterocycles. The lowest BCUT2D eigenvalue weighted by Crippen LogP contribution is -2.54. The summed E-state index contributed by atoms with van der Waals surface area (Å²) in [6.45, 7) is 6.85. The third kappa shape index (κ3) is 10.3. The number of hydrogen-bond acceptors (Lipinski definition) is 11. The molecule has 4 saturated carbocycles. The van der Waals surface area contributed by atoms with E-state index in [9.17, 15) is 15.3 Å². The van der Waals surface area contributed by atoms with Crippen LogP contribution in [0.25, 0.3) is 16.7 Å². The molecule has 16 atom stereocenters. The largest absolute Gasteiger partial charge is 0.508 e. The van der Waals surface area contributed by atoms with Crippen LogP contribution in [-0.2, 0) is 38.4 Å². The van der Waals surface area contributed by atoms with Gasteiger partial charge >= 0.3 is 11.9 Å². The van der Waals surface area contributed by atoms with Gasteiger partial charge in [0, 0.05) is 42.6 Å². The molecule has 4 aromatic carbocycles. The van der Waals surface area contributed by atoms with Crippen LogP contribution in [0.3, 0.4) is 0 Å². The first-order valence-electron chi connectivity index (χ1n) is 34.4. The Morgan fingerprint density at radius 2 is 1.63 bits per heavy atom. The quantitative estimate of drug-likeness (QED) is 0.0727. The Labute approximate surface area is 527 Å². The highest BCUT2D eigenvalue weighted by molar-refractivity contribution is 6.07. The molecule has 17 rings (SSSR count). The van der Waals surface area contributed by atoms with Gasteiger partial charge in [-0.05, 0) is 257 Å². The highest BCUT2D eigenvalue weighted by atomic mass is 16.6. The molecule has 7 aliphatic carbocycles. The van der Waals surface area contributed by atoms with E-state index in [0.717, 1.165) is 155 Å². The molecule has 11 heteroatoms. The van der Waals surface area contributed by atoms with Crippen molar-refractivity contribution in [2.75, 3.05) is 26.7 Å². The second-order valence-electron chi connectivity index (χ2n) is 29.6. The molecule has 11 nitrogen and oxygen atoms in total. The number of phenols is 1. The topological polar surface area (TPSA) is 161 Å². The third-order valence-corrected chi connectivity index (χ3v) is 24.8. The molecule has 466 valence electrons. The van der Waals surface area contributed by atoms with Crippen LogP contribution in [-0.4, -0.2) is 71.3 Å². The summed E-state index contributed by atoms with van der Waals surface area (Å²) in [4.78, 5) is 31.1. The fourth-order valence-corrected chi connectivity index (χ4v) is 20.7. The number of β-amino-alcohol motifs (C(OH)–C–C–N with tert-alkyl or cyclic N) is 1. The maximum absolute atomic E-state index is 15.6. The van der Waals surface area contributed by atoms with E-state index in [0.29, 0.717) is 55.4 Å². The van der Waals surface area contributed by atoms with Crippen LogP contribution in [0.2, 0.25) is 0 Å². The van der Waals surface area contributed by atoms with Gasteiger partial charge in [0.1, 0.15) is 17.3 Å². The first-order valence-corrected chi connectivity index (χ1v) is 34.4. The van der Waals surface area contributed by atoms with Crippen LogP contribution >= 0.6 is 0 Å². The number of esters is 2. The Kier molecular flexibility index (Phi) is 15.7. The smallest absolute Gasteiger partial charge is 0.340 e. The summed E-state index contributed by atoms with van der Waals surface area (Å²) in [6, 6.07) is 34.1. The number of aromatic hydroxyl groups is 1. The maximum atomic E-state index is 15.6. The molecule has 2 saturated heterocycles. The standard InChI is InChI=1S/C78H92N4O7/c1-4-47(37-48-13-6-5-7-14-48)40-66-77-34-27-58-59-25-26-60-65(88-73(84)69(60)70(59)77)28-33-76(54-30-36-81-67(41-54)79-3)43-62-57-23-21-53-19-8-9-32-78(53,87)64(57)20-12-31-75(2,86)46-82-72(63(62)44-76)52-18-10-15-49(38-52)29-35-80-45-50-16-11-17-51(39-50)56-24-22-55(83)42-61(56)68(58)71(77)74(85)89-66/h5-7,10-11,13-18,22,24,28,38-40,42,47,53-54,57-59,62-64,67,70,72,79-83,86-87H,4,8-9,19,21,23,25-27,29-37,41,43-46H2,1-3H3. The predicted molar refractivity (Wildman–Crippen MR) is 347 cm³/mol. The van der Waals surface area contributed by atoms with Crippen LogP contribution in [0.5, 0.6) is 5.75 Å². The number of benzene rings is 4. The Balaban J connectivity index is 0.919. The van der Waals surface area contributed by atoms with E-state index in [2.05, 4.69) is 138 Å². The number of carbonyl (C=O) groups is 2. The molecule has 6 heterocycles. The Morgan fingerprint density at radius 3 is 2.49 bits per heavy atom. The summed E-state index contributed by atoms with van der Waals surface area (Å²) in [6.07, 6.45) is 21.1. The van der Waals surface area contributed by atoms with Gasteiger partial charge in [0.05, 0.1) is 34.3 Å². The number of nitrogens with one attached hydrogen (secondary N) is 4. The van der Waals surface area contributed by atoms with Crippen molar-refractivity contribution in [2.24, 2.45) is 70.0 Å². The van der Waals surface area contributed by atoms with Crippen molar-refractivity contribution in [3.8, 4) is 28.7 Å².